The molecule has 0 spiro atoms. The normalized spacial score (nSPS) is 24.8. The van der Waals surface area contributed by atoms with Gasteiger partial charge in [0.05, 0.1) is 12.6 Å². The first-order chi connectivity index (χ1) is 24.9. The minimum atomic E-state index is -1.52. The third-order valence-electron chi connectivity index (χ3n) is 8.72. The average molecular weight is 724 g/mol. The second kappa shape index (κ2) is 16.8. The Morgan fingerprint density at radius 3 is 1.90 bits per heavy atom. The molecule has 5 rings (SSSR count). The summed E-state index contributed by atoms with van der Waals surface area (Å²) < 4.78 is 45.0. The van der Waals surface area contributed by atoms with Crippen LogP contribution in [0.4, 0.5) is 4.79 Å². The van der Waals surface area contributed by atoms with Gasteiger partial charge in [-0.1, -0.05) is 61.2 Å². The first-order valence-electron chi connectivity index (χ1n) is 16.7. The number of nitrogens with zero attached hydrogens (tertiary/aromatic N) is 1. The van der Waals surface area contributed by atoms with E-state index in [1.165, 1.54) is 11.0 Å². The van der Waals surface area contributed by atoms with E-state index in [1.54, 1.807) is 0 Å². The maximum Gasteiger partial charge on any atom is 0.410 e. The van der Waals surface area contributed by atoms with Crippen LogP contribution in [0, 0.1) is 0 Å². The first-order valence-corrected chi connectivity index (χ1v) is 16.7. The molecular weight excluding hydrogens is 682 g/mol. The van der Waals surface area contributed by atoms with E-state index in [0.29, 0.717) is 0 Å². The molecule has 0 N–H and O–H groups in total. The highest BCUT2D eigenvalue weighted by Gasteiger charge is 2.54. The zero-order valence-electron chi connectivity index (χ0n) is 29.2. The van der Waals surface area contributed by atoms with Crippen LogP contribution in [-0.2, 0) is 61.9 Å². The van der Waals surface area contributed by atoms with Crippen molar-refractivity contribution in [3.8, 4) is 11.1 Å². The van der Waals surface area contributed by atoms with Crippen molar-refractivity contribution < 1.29 is 66.7 Å². The van der Waals surface area contributed by atoms with Crippen molar-refractivity contribution in [2.45, 2.75) is 82.9 Å². The van der Waals surface area contributed by atoms with E-state index < -0.39 is 85.4 Å². The van der Waals surface area contributed by atoms with Crippen molar-refractivity contribution >= 4 is 35.9 Å². The van der Waals surface area contributed by atoms with Gasteiger partial charge in [-0.3, -0.25) is 24.1 Å². The van der Waals surface area contributed by atoms with Gasteiger partial charge in [-0.2, -0.15) is 0 Å². The molecule has 278 valence electrons. The summed E-state index contributed by atoms with van der Waals surface area (Å²) in [6.07, 6.45) is -7.54. The van der Waals surface area contributed by atoms with E-state index in [-0.39, 0.29) is 32.1 Å². The van der Waals surface area contributed by atoms with Crippen LogP contribution in [0.1, 0.15) is 51.2 Å². The molecule has 2 aromatic rings. The minimum absolute atomic E-state index is 0.0109. The molecule has 2 saturated heterocycles. The Morgan fingerprint density at radius 1 is 0.750 bits per heavy atom. The maximum atomic E-state index is 13.7. The second-order valence-electron chi connectivity index (χ2n) is 12.5. The first kappa shape index (κ1) is 38.0. The lowest BCUT2D eigenvalue weighted by Crippen LogP contribution is -2.63. The molecule has 1 aliphatic carbocycles. The number of carbonyl (C=O) groups excluding carboxylic acids is 6. The highest BCUT2D eigenvalue weighted by atomic mass is 16.7. The number of benzene rings is 2. The Kier molecular flexibility index (Phi) is 12.3. The van der Waals surface area contributed by atoms with Crippen molar-refractivity contribution in [1.29, 1.82) is 0 Å². The van der Waals surface area contributed by atoms with E-state index >= 15 is 0 Å². The quantitative estimate of drug-likeness (QED) is 0.177. The molecule has 15 nitrogen and oxygen atoms in total. The number of esters is 5. The largest absolute Gasteiger partial charge is 0.463 e. The van der Waals surface area contributed by atoms with Gasteiger partial charge < -0.3 is 37.9 Å². The van der Waals surface area contributed by atoms with Crippen molar-refractivity contribution in [3.05, 3.63) is 72.3 Å². The van der Waals surface area contributed by atoms with Crippen LogP contribution in [0.25, 0.3) is 11.1 Å². The summed E-state index contributed by atoms with van der Waals surface area (Å²) >= 11 is 0. The molecule has 0 unspecified atom stereocenters. The van der Waals surface area contributed by atoms with Crippen LogP contribution in [0.2, 0.25) is 0 Å². The Bertz CT molecular complexity index is 1650. The lowest BCUT2D eigenvalue weighted by Gasteiger charge is -2.44. The monoisotopic (exact) mass is 723 g/mol. The summed E-state index contributed by atoms with van der Waals surface area (Å²) in [6.45, 7) is 7.28. The number of amides is 1. The summed E-state index contributed by atoms with van der Waals surface area (Å²) in [6, 6.07) is 14.6. The molecule has 3 aliphatic rings. The van der Waals surface area contributed by atoms with E-state index in [4.69, 9.17) is 37.9 Å². The van der Waals surface area contributed by atoms with Crippen LogP contribution in [-0.4, -0.2) is 110 Å². The number of ether oxygens (including phenoxy) is 8. The zero-order chi connectivity index (χ0) is 37.5. The minimum Gasteiger partial charge on any atom is -0.463 e. The maximum absolute atomic E-state index is 13.7. The van der Waals surface area contributed by atoms with Crippen molar-refractivity contribution in [1.82, 2.24) is 4.90 Å². The number of likely N-dealkylation sites (tertiary alicyclic amines) is 1. The molecule has 2 aromatic carbocycles. The number of carbonyl (C=O) groups is 6. The van der Waals surface area contributed by atoms with Crippen LogP contribution in [0.15, 0.2) is 61.2 Å². The molecule has 2 fully saturated rings. The van der Waals surface area contributed by atoms with E-state index in [9.17, 15) is 28.8 Å². The molecule has 0 bridgehead atoms. The van der Waals surface area contributed by atoms with Gasteiger partial charge in [0.2, 0.25) is 0 Å². The van der Waals surface area contributed by atoms with Gasteiger partial charge in [0.1, 0.15) is 32.0 Å². The molecule has 2 aliphatic heterocycles. The summed E-state index contributed by atoms with van der Waals surface area (Å²) in [5, 5.41) is 0. The predicted molar refractivity (Wildman–Crippen MR) is 178 cm³/mol. The average Bonchev–Trinajstić information content (AvgIpc) is 3.66. The van der Waals surface area contributed by atoms with E-state index in [2.05, 4.69) is 6.58 Å². The van der Waals surface area contributed by atoms with Crippen LogP contribution in [0.5, 0.6) is 0 Å². The lowest BCUT2D eigenvalue weighted by atomic mass is 9.98. The summed E-state index contributed by atoms with van der Waals surface area (Å²) in [5.41, 5.74) is 4.10. The summed E-state index contributed by atoms with van der Waals surface area (Å²) in [5.74, 6) is -4.05. The topological polar surface area (TPSA) is 180 Å². The van der Waals surface area contributed by atoms with Crippen molar-refractivity contribution in [2.75, 3.05) is 26.4 Å². The van der Waals surface area contributed by atoms with Gasteiger partial charge in [-0.25, -0.2) is 9.59 Å². The molecule has 7 atom stereocenters. The fourth-order valence-electron chi connectivity index (χ4n) is 6.72. The zero-order valence-corrected chi connectivity index (χ0v) is 29.2. The standard InChI is InChI=1S/C37H41NO14/c1-6-15-45-35(43)30-16-24(17-38(30)37(44)47-18-29-27-13-9-7-11-25(27)26-12-8-10-14-28(26)29)51-36-34(50-23(5)42)33(49-22(4)41)32(48-21(3)40)31(52-36)19-46-20(2)39/h6-14,24,29-34,36H,1,15-19H2,2-5H3/t24-,30+,31-,32-,33+,34+,36+/m1/s1. The molecule has 0 saturated carbocycles. The van der Waals surface area contributed by atoms with Crippen LogP contribution in [0.3, 0.4) is 0 Å². The number of hydrogen-bond donors (Lipinski definition) is 0. The molecule has 1 amide bonds. The predicted octanol–water partition coefficient (Wildman–Crippen LogP) is 3.21. The van der Waals surface area contributed by atoms with Gasteiger partial charge >= 0.3 is 35.9 Å². The van der Waals surface area contributed by atoms with Crippen LogP contribution < -0.4 is 0 Å². The third kappa shape index (κ3) is 8.77. The fraction of sp³-hybridized carbons (Fsp3) is 0.459. The fourth-order valence-corrected chi connectivity index (χ4v) is 6.72. The molecule has 0 aromatic heterocycles. The molecule has 52 heavy (non-hydrogen) atoms. The second-order valence-corrected chi connectivity index (χ2v) is 12.5. The molecule has 0 radical (unpaired) electrons. The number of hydrogen-bond acceptors (Lipinski definition) is 14. The van der Waals surface area contributed by atoms with Gasteiger partial charge in [0.25, 0.3) is 0 Å². The van der Waals surface area contributed by atoms with Gasteiger partial charge in [0, 0.05) is 40.0 Å². The van der Waals surface area contributed by atoms with Gasteiger partial charge in [0.15, 0.2) is 24.6 Å². The van der Waals surface area contributed by atoms with Gasteiger partial charge in [-0.05, 0) is 22.3 Å². The summed E-state index contributed by atoms with van der Waals surface area (Å²) in [4.78, 5) is 76.5. The SMILES string of the molecule is C=CCOC(=O)[C@@H]1C[C@@H](O[C@H]2O[C@H](COC(C)=O)[C@@H](OC(C)=O)[C@H](OC(C)=O)[C@@H]2OC(C)=O)CN1C(=O)OCC1c2ccccc2-c2ccccc21. The van der Waals surface area contributed by atoms with E-state index in [1.807, 2.05) is 48.5 Å². The Hall–Kier alpha value is -5.28. The smallest absolute Gasteiger partial charge is 0.410 e. The Labute approximate surface area is 300 Å². The number of rotatable bonds is 12. The highest BCUT2D eigenvalue weighted by molar-refractivity contribution is 5.83. The summed E-state index contributed by atoms with van der Waals surface area (Å²) in [7, 11) is 0. The van der Waals surface area contributed by atoms with Gasteiger partial charge in [-0.15, -0.1) is 0 Å². The number of fused-ring (bicyclic) bond motifs is 3. The Balaban J connectivity index is 1.38. The molecular formula is C37H41NO14. The molecule has 15 heteroatoms. The third-order valence-corrected chi connectivity index (χ3v) is 8.72. The lowest BCUT2D eigenvalue weighted by molar-refractivity contribution is -0.315. The highest BCUT2D eigenvalue weighted by Crippen LogP contribution is 2.44. The van der Waals surface area contributed by atoms with Crippen molar-refractivity contribution in [3.63, 3.8) is 0 Å². The van der Waals surface area contributed by atoms with E-state index in [0.717, 1.165) is 49.9 Å². The van der Waals surface area contributed by atoms with Crippen LogP contribution >= 0.6 is 0 Å². The Morgan fingerprint density at radius 2 is 1.33 bits per heavy atom. The van der Waals surface area contributed by atoms with Crippen molar-refractivity contribution in [2.24, 2.45) is 0 Å². The molecule has 2 heterocycles.